The number of hydrogen-bond donors (Lipinski definition) is 4. The molecule has 7 nitrogen and oxygen atoms in total. The number of hydrogen-bond acceptors (Lipinski definition) is 4. The third-order valence-electron chi connectivity index (χ3n) is 2.70. The van der Waals surface area contributed by atoms with Crippen LogP contribution in [0.4, 0.5) is 5.69 Å². The van der Waals surface area contributed by atoms with Gasteiger partial charge in [-0.05, 0) is 41.1 Å². The van der Waals surface area contributed by atoms with E-state index in [0.29, 0.717) is 27.0 Å². The second-order valence-corrected chi connectivity index (χ2v) is 4.90. The predicted octanol–water partition coefficient (Wildman–Crippen LogP) is 1.83. The number of halogens is 1. The molecule has 0 aliphatic heterocycles. The van der Waals surface area contributed by atoms with Gasteiger partial charge in [-0.2, -0.15) is 5.10 Å². The Balaban J connectivity index is 2.23. The number of aryl methyl sites for hydroxylation is 1. The summed E-state index contributed by atoms with van der Waals surface area (Å²) in [6.45, 7) is 1.76. The van der Waals surface area contributed by atoms with E-state index in [4.69, 9.17) is 10.9 Å². The van der Waals surface area contributed by atoms with Crippen molar-refractivity contribution in [1.29, 1.82) is 0 Å². The molecule has 0 spiro atoms. The number of H-pyrrole nitrogens is 1. The third kappa shape index (κ3) is 2.80. The van der Waals surface area contributed by atoms with Gasteiger partial charge < -0.3 is 16.3 Å². The summed E-state index contributed by atoms with van der Waals surface area (Å²) in [4.78, 5) is 12.0. The van der Waals surface area contributed by atoms with Crippen molar-refractivity contribution in [2.24, 2.45) is 10.9 Å². The maximum atomic E-state index is 12.0. The van der Waals surface area contributed by atoms with Crippen LogP contribution >= 0.6 is 15.9 Å². The minimum atomic E-state index is -0.270. The molecular formula is C12H12BrN5O2. The molecule has 0 saturated heterocycles. The molecule has 5 N–H and O–H groups in total. The van der Waals surface area contributed by atoms with Crippen molar-refractivity contribution < 1.29 is 10.0 Å². The average Bonchev–Trinajstić information content (AvgIpc) is 2.86. The molecule has 20 heavy (non-hydrogen) atoms. The maximum absolute atomic E-state index is 12.0. The van der Waals surface area contributed by atoms with E-state index in [1.807, 2.05) is 0 Å². The smallest absolute Gasteiger partial charge is 0.259 e. The molecule has 1 aromatic carbocycles. The number of carbonyl (C=O) groups excluding carboxylic acids is 1. The first kappa shape index (κ1) is 14.1. The van der Waals surface area contributed by atoms with Crippen LogP contribution < -0.4 is 11.1 Å². The topological polar surface area (TPSA) is 116 Å². The molecule has 1 aromatic heterocycles. The normalized spacial score (nSPS) is 11.4. The molecule has 0 atom stereocenters. The number of rotatable bonds is 3. The van der Waals surface area contributed by atoms with Crippen molar-refractivity contribution in [3.8, 4) is 0 Å². The minimum absolute atomic E-state index is 0.00532. The summed E-state index contributed by atoms with van der Waals surface area (Å²) in [5.41, 5.74) is 7.76. The number of nitrogens with two attached hydrogens (primary N) is 1. The fourth-order valence-electron chi connectivity index (χ4n) is 1.60. The van der Waals surface area contributed by atoms with Crippen molar-refractivity contribution >= 4 is 33.4 Å². The van der Waals surface area contributed by atoms with E-state index >= 15 is 0 Å². The van der Waals surface area contributed by atoms with Crippen LogP contribution in [0.1, 0.15) is 21.6 Å². The number of nitrogens with zero attached hydrogens (tertiary/aromatic N) is 2. The molecule has 0 aliphatic carbocycles. The Bertz CT molecular complexity index is 680. The Labute approximate surface area is 123 Å². The third-order valence-corrected chi connectivity index (χ3v) is 3.35. The van der Waals surface area contributed by atoms with Crippen LogP contribution in [0.5, 0.6) is 0 Å². The molecule has 0 fully saturated rings. The number of nitrogens with one attached hydrogen (secondary N) is 2. The SMILES string of the molecule is Cc1[nH]ncc1C(=O)Nc1ccc(/C(N)=N/O)cc1Br. The summed E-state index contributed by atoms with van der Waals surface area (Å²) < 4.78 is 0.621. The molecule has 0 unspecified atom stereocenters. The molecule has 2 aromatic rings. The van der Waals surface area contributed by atoms with Gasteiger partial charge in [0.05, 0.1) is 17.4 Å². The summed E-state index contributed by atoms with van der Waals surface area (Å²) in [5, 5.41) is 20.8. The molecule has 0 saturated carbocycles. The van der Waals surface area contributed by atoms with Gasteiger partial charge in [0, 0.05) is 15.7 Å². The minimum Gasteiger partial charge on any atom is -0.409 e. The number of anilines is 1. The molecule has 0 bridgehead atoms. The van der Waals surface area contributed by atoms with Gasteiger partial charge >= 0.3 is 0 Å². The molecular weight excluding hydrogens is 326 g/mol. The summed E-state index contributed by atoms with van der Waals surface area (Å²) in [7, 11) is 0. The fraction of sp³-hybridized carbons (Fsp3) is 0.0833. The Morgan fingerprint density at radius 3 is 2.85 bits per heavy atom. The summed E-state index contributed by atoms with van der Waals surface area (Å²) in [6, 6.07) is 4.94. The fourth-order valence-corrected chi connectivity index (χ4v) is 2.08. The van der Waals surface area contributed by atoms with Crippen molar-refractivity contribution in [1.82, 2.24) is 10.2 Å². The highest BCUT2D eigenvalue weighted by Crippen LogP contribution is 2.24. The van der Waals surface area contributed by atoms with E-state index in [1.54, 1.807) is 25.1 Å². The lowest BCUT2D eigenvalue weighted by atomic mass is 10.2. The molecule has 2 rings (SSSR count). The van der Waals surface area contributed by atoms with Gasteiger partial charge in [0.1, 0.15) is 0 Å². The van der Waals surface area contributed by atoms with Gasteiger partial charge in [0.2, 0.25) is 0 Å². The Morgan fingerprint density at radius 2 is 2.30 bits per heavy atom. The molecule has 104 valence electrons. The van der Waals surface area contributed by atoms with Crippen molar-refractivity contribution in [2.45, 2.75) is 6.92 Å². The van der Waals surface area contributed by atoms with Crippen LogP contribution in [0.25, 0.3) is 0 Å². The Hall–Kier alpha value is -2.35. The lowest BCUT2D eigenvalue weighted by Crippen LogP contribution is -2.15. The summed E-state index contributed by atoms with van der Waals surface area (Å²) >= 11 is 3.32. The lowest BCUT2D eigenvalue weighted by molar-refractivity contribution is 0.102. The second kappa shape index (κ2) is 5.74. The number of oxime groups is 1. The zero-order valence-electron chi connectivity index (χ0n) is 10.5. The number of carbonyl (C=O) groups is 1. The molecule has 1 amide bonds. The first-order valence-electron chi connectivity index (χ1n) is 5.61. The zero-order valence-corrected chi connectivity index (χ0v) is 12.1. The second-order valence-electron chi connectivity index (χ2n) is 4.04. The number of amidine groups is 1. The number of aromatic nitrogens is 2. The average molecular weight is 338 g/mol. The van der Waals surface area contributed by atoms with E-state index in [0.717, 1.165) is 0 Å². The zero-order chi connectivity index (χ0) is 14.7. The molecule has 0 radical (unpaired) electrons. The van der Waals surface area contributed by atoms with Gasteiger partial charge in [0.25, 0.3) is 5.91 Å². The van der Waals surface area contributed by atoms with E-state index in [9.17, 15) is 4.79 Å². The first-order valence-corrected chi connectivity index (χ1v) is 6.41. The number of benzene rings is 1. The monoisotopic (exact) mass is 337 g/mol. The van der Waals surface area contributed by atoms with Crippen LogP contribution in [-0.2, 0) is 0 Å². The van der Waals surface area contributed by atoms with E-state index < -0.39 is 0 Å². The predicted molar refractivity (Wildman–Crippen MR) is 77.9 cm³/mol. The lowest BCUT2D eigenvalue weighted by Gasteiger charge is -2.08. The van der Waals surface area contributed by atoms with Crippen LogP contribution in [0.3, 0.4) is 0 Å². The highest BCUT2D eigenvalue weighted by molar-refractivity contribution is 9.10. The Kier molecular flexibility index (Phi) is 4.04. The van der Waals surface area contributed by atoms with E-state index in [-0.39, 0.29) is 11.7 Å². The van der Waals surface area contributed by atoms with Gasteiger partial charge in [-0.15, -0.1) is 0 Å². The first-order chi connectivity index (χ1) is 9.52. The van der Waals surface area contributed by atoms with Crippen LogP contribution in [-0.4, -0.2) is 27.1 Å². The van der Waals surface area contributed by atoms with Gasteiger partial charge in [-0.25, -0.2) is 0 Å². The quantitative estimate of drug-likeness (QED) is 0.296. The molecule has 1 heterocycles. The highest BCUT2D eigenvalue weighted by Gasteiger charge is 2.13. The summed E-state index contributed by atoms with van der Waals surface area (Å²) in [5.74, 6) is -0.275. The van der Waals surface area contributed by atoms with Gasteiger partial charge in [-0.1, -0.05) is 5.16 Å². The van der Waals surface area contributed by atoms with E-state index in [1.165, 1.54) is 6.20 Å². The van der Waals surface area contributed by atoms with Crippen LogP contribution in [0.15, 0.2) is 34.0 Å². The largest absolute Gasteiger partial charge is 0.409 e. The van der Waals surface area contributed by atoms with Crippen molar-refractivity contribution in [2.75, 3.05) is 5.32 Å². The van der Waals surface area contributed by atoms with E-state index in [2.05, 4.69) is 36.6 Å². The molecule has 0 aliphatic rings. The van der Waals surface area contributed by atoms with Gasteiger partial charge in [-0.3, -0.25) is 9.89 Å². The van der Waals surface area contributed by atoms with Crippen LogP contribution in [0, 0.1) is 6.92 Å². The standard InChI is InChI=1S/C12H12BrN5O2/c1-6-8(5-15-17-6)12(19)16-10-3-2-7(4-9(10)13)11(14)18-20/h2-5,20H,1H3,(H2,14,18)(H,15,17)(H,16,19). The van der Waals surface area contributed by atoms with Crippen LogP contribution in [0.2, 0.25) is 0 Å². The molecule has 8 heteroatoms. The van der Waals surface area contributed by atoms with Crippen molar-refractivity contribution in [3.63, 3.8) is 0 Å². The number of amides is 1. The van der Waals surface area contributed by atoms with Gasteiger partial charge in [0.15, 0.2) is 5.84 Å². The maximum Gasteiger partial charge on any atom is 0.259 e. The van der Waals surface area contributed by atoms with Crippen molar-refractivity contribution in [3.05, 3.63) is 45.7 Å². The number of aromatic amines is 1. The highest BCUT2D eigenvalue weighted by atomic mass is 79.9. The Morgan fingerprint density at radius 1 is 1.55 bits per heavy atom. The summed E-state index contributed by atoms with van der Waals surface area (Å²) in [6.07, 6.45) is 1.46.